The maximum atomic E-state index is 12.3. The number of hydrogen-bond acceptors (Lipinski definition) is 6. The highest BCUT2D eigenvalue weighted by Gasteiger charge is 2.41. The van der Waals surface area contributed by atoms with Crippen molar-refractivity contribution < 1.29 is 32.2 Å². The number of halogens is 3. The summed E-state index contributed by atoms with van der Waals surface area (Å²) >= 11 is 0. The van der Waals surface area contributed by atoms with E-state index in [2.05, 4.69) is 50.7 Å². The molecule has 33 heavy (non-hydrogen) atoms. The molecular formula is C20H28F3N3O6Si. The summed E-state index contributed by atoms with van der Waals surface area (Å²) in [6.45, 7) is 9.82. The molecule has 3 N–H and O–H groups in total. The Kier molecular flexibility index (Phi) is 8.00. The van der Waals surface area contributed by atoms with Crippen molar-refractivity contribution in [3.63, 3.8) is 0 Å². The Hall–Kier alpha value is -2.40. The molecule has 1 aromatic heterocycles. The fraction of sp³-hybridized carbons (Fsp3) is 0.650. The second kappa shape index (κ2) is 9.84. The summed E-state index contributed by atoms with van der Waals surface area (Å²) in [6, 6.07) is 0. The lowest BCUT2D eigenvalue weighted by molar-refractivity contribution is -0.173. The molecule has 9 nitrogen and oxygen atoms in total. The van der Waals surface area contributed by atoms with Crippen LogP contribution in [0.1, 0.15) is 39.0 Å². The average Bonchev–Trinajstić information content (AvgIpc) is 3.03. The number of aromatic amines is 1. The highest BCUT2D eigenvalue weighted by Crippen LogP contribution is 2.37. The van der Waals surface area contributed by atoms with Gasteiger partial charge in [-0.15, -0.1) is 0 Å². The Bertz CT molecular complexity index is 1050. The van der Waals surface area contributed by atoms with E-state index in [0.29, 0.717) is 0 Å². The molecular weight excluding hydrogens is 463 g/mol. The maximum Gasteiger partial charge on any atom is 0.471 e. The number of aliphatic hydroxyl groups is 1. The van der Waals surface area contributed by atoms with E-state index in [1.807, 2.05) is 0 Å². The molecule has 1 aromatic rings. The van der Waals surface area contributed by atoms with Crippen LogP contribution in [0.3, 0.4) is 0 Å². The van der Waals surface area contributed by atoms with Crippen LogP contribution in [0.2, 0.25) is 18.1 Å². The second-order valence-electron chi connectivity index (χ2n) is 9.20. The van der Waals surface area contributed by atoms with Crippen LogP contribution in [0.4, 0.5) is 13.2 Å². The number of aromatic nitrogens is 2. The molecule has 0 aromatic carbocycles. The third kappa shape index (κ3) is 6.79. The first-order chi connectivity index (χ1) is 15.0. The van der Waals surface area contributed by atoms with Crippen LogP contribution in [0, 0.1) is 11.8 Å². The van der Waals surface area contributed by atoms with Crippen LogP contribution in [0.15, 0.2) is 15.8 Å². The van der Waals surface area contributed by atoms with Gasteiger partial charge in [0.05, 0.1) is 19.3 Å². The Balaban J connectivity index is 2.12. The first-order valence-corrected chi connectivity index (χ1v) is 13.1. The lowest BCUT2D eigenvalue weighted by Gasteiger charge is -2.37. The normalized spacial score (nSPS) is 21.4. The van der Waals surface area contributed by atoms with E-state index in [0.717, 1.165) is 10.8 Å². The maximum absolute atomic E-state index is 12.3. The van der Waals surface area contributed by atoms with Gasteiger partial charge in [0.15, 0.2) is 8.32 Å². The van der Waals surface area contributed by atoms with Crippen LogP contribution in [0.5, 0.6) is 0 Å². The third-order valence-corrected chi connectivity index (χ3v) is 10.2. The molecule has 2 rings (SSSR count). The van der Waals surface area contributed by atoms with Crippen LogP contribution in [-0.4, -0.2) is 60.4 Å². The summed E-state index contributed by atoms with van der Waals surface area (Å²) in [5.41, 5.74) is -1.85. The Morgan fingerprint density at radius 2 is 2.00 bits per heavy atom. The molecule has 1 aliphatic rings. The van der Waals surface area contributed by atoms with Gasteiger partial charge in [-0.25, -0.2) is 4.79 Å². The number of hydrogen-bond donors (Lipinski definition) is 3. The van der Waals surface area contributed by atoms with Crippen molar-refractivity contribution in [2.24, 2.45) is 0 Å². The number of amides is 1. The average molecular weight is 492 g/mol. The van der Waals surface area contributed by atoms with E-state index in [-0.39, 0.29) is 23.6 Å². The van der Waals surface area contributed by atoms with Crippen molar-refractivity contribution >= 4 is 14.2 Å². The molecule has 2 heterocycles. The number of aliphatic hydroxyl groups excluding tert-OH is 1. The van der Waals surface area contributed by atoms with E-state index in [1.165, 1.54) is 0 Å². The molecule has 0 aliphatic carbocycles. The monoisotopic (exact) mass is 491 g/mol. The highest BCUT2D eigenvalue weighted by atomic mass is 28.4. The first-order valence-electron chi connectivity index (χ1n) is 10.2. The van der Waals surface area contributed by atoms with Gasteiger partial charge in [0.1, 0.15) is 17.9 Å². The molecule has 1 fully saturated rings. The van der Waals surface area contributed by atoms with E-state index < -0.39 is 56.6 Å². The van der Waals surface area contributed by atoms with Crippen LogP contribution < -0.4 is 16.6 Å². The van der Waals surface area contributed by atoms with Crippen LogP contribution in [0.25, 0.3) is 0 Å². The minimum atomic E-state index is -5.04. The molecule has 1 amide bonds. The van der Waals surface area contributed by atoms with Crippen molar-refractivity contribution in [1.82, 2.24) is 14.9 Å². The lowest BCUT2D eigenvalue weighted by atomic mass is 10.2. The lowest BCUT2D eigenvalue weighted by Crippen LogP contribution is -2.44. The topological polar surface area (TPSA) is 123 Å². The summed E-state index contributed by atoms with van der Waals surface area (Å²) in [4.78, 5) is 37.1. The van der Waals surface area contributed by atoms with Crippen molar-refractivity contribution in [3.05, 3.63) is 32.6 Å². The summed E-state index contributed by atoms with van der Waals surface area (Å²) in [5.74, 6) is 2.39. The predicted molar refractivity (Wildman–Crippen MR) is 115 cm³/mol. The number of rotatable bonds is 5. The fourth-order valence-electron chi connectivity index (χ4n) is 2.70. The fourth-order valence-corrected chi connectivity index (χ4v) is 3.71. The molecule has 0 radical (unpaired) electrons. The highest BCUT2D eigenvalue weighted by molar-refractivity contribution is 6.74. The number of nitrogens with one attached hydrogen (secondary N) is 2. The van der Waals surface area contributed by atoms with E-state index >= 15 is 0 Å². The van der Waals surface area contributed by atoms with Crippen molar-refractivity contribution in [2.45, 2.75) is 69.9 Å². The van der Waals surface area contributed by atoms with Gasteiger partial charge >= 0.3 is 17.8 Å². The van der Waals surface area contributed by atoms with Gasteiger partial charge < -0.3 is 19.6 Å². The number of nitrogens with zero attached hydrogens (tertiary/aromatic N) is 1. The summed E-state index contributed by atoms with van der Waals surface area (Å²) in [7, 11) is -2.10. The zero-order valence-corrected chi connectivity index (χ0v) is 20.0. The zero-order valence-electron chi connectivity index (χ0n) is 19.0. The predicted octanol–water partition coefficient (Wildman–Crippen LogP) is 1.24. The van der Waals surface area contributed by atoms with E-state index in [9.17, 15) is 32.7 Å². The molecule has 1 aliphatic heterocycles. The summed E-state index contributed by atoms with van der Waals surface area (Å²) < 4.78 is 49.5. The van der Waals surface area contributed by atoms with Gasteiger partial charge in [-0.3, -0.25) is 19.1 Å². The van der Waals surface area contributed by atoms with E-state index in [1.54, 1.807) is 5.32 Å². The minimum Gasteiger partial charge on any atom is -0.414 e. The molecule has 0 saturated carbocycles. The number of H-pyrrole nitrogens is 1. The molecule has 184 valence electrons. The summed E-state index contributed by atoms with van der Waals surface area (Å²) in [6.07, 6.45) is -6.37. The minimum absolute atomic E-state index is 0.0427. The SMILES string of the molecule is CC(C)(C)[Si](C)(C)OC[C@H]1O[C@@H](n2cc(C#CCNC(=O)C(F)(F)F)c(=O)[nH]c2=O)C[C@@H]1O. The smallest absolute Gasteiger partial charge is 0.414 e. The molecule has 0 bridgehead atoms. The molecule has 1 saturated heterocycles. The van der Waals surface area contributed by atoms with Gasteiger partial charge in [-0.1, -0.05) is 32.6 Å². The Morgan fingerprint density at radius 1 is 1.36 bits per heavy atom. The third-order valence-electron chi connectivity index (χ3n) is 5.71. The molecule has 0 spiro atoms. The largest absolute Gasteiger partial charge is 0.471 e. The van der Waals surface area contributed by atoms with Gasteiger partial charge in [0.2, 0.25) is 0 Å². The standard InChI is InChI=1S/C20H28F3N3O6Si/c1-19(2,3)33(4,5)31-11-14-13(27)9-15(32-14)26-10-12(16(28)25-18(26)30)7-6-8-24-17(29)20(21,22)23/h10,13-15,27H,8-9,11H2,1-5H3,(H,24,29)(H,25,28,30)/t13-,14+,15+/m0/s1. The van der Waals surface area contributed by atoms with Gasteiger partial charge in [-0.05, 0) is 18.1 Å². The zero-order chi connectivity index (χ0) is 25.2. The quantitative estimate of drug-likeness (QED) is 0.421. The first kappa shape index (κ1) is 26.8. The van der Waals surface area contributed by atoms with Crippen molar-refractivity contribution in [2.75, 3.05) is 13.2 Å². The van der Waals surface area contributed by atoms with Gasteiger partial charge in [0, 0.05) is 12.6 Å². The second-order valence-corrected chi connectivity index (χ2v) is 14.0. The number of ether oxygens (including phenoxy) is 1. The number of carbonyl (C=O) groups is 1. The van der Waals surface area contributed by atoms with Gasteiger partial charge in [-0.2, -0.15) is 13.2 Å². The molecule has 3 atom stereocenters. The van der Waals surface area contributed by atoms with E-state index in [4.69, 9.17) is 9.16 Å². The van der Waals surface area contributed by atoms with Crippen molar-refractivity contribution in [1.29, 1.82) is 0 Å². The van der Waals surface area contributed by atoms with Crippen LogP contribution in [-0.2, 0) is 14.0 Å². The Morgan fingerprint density at radius 3 is 2.58 bits per heavy atom. The summed E-state index contributed by atoms with van der Waals surface area (Å²) in [5, 5.41) is 11.9. The van der Waals surface area contributed by atoms with Crippen molar-refractivity contribution in [3.8, 4) is 11.8 Å². The Labute approximate surface area is 189 Å². The van der Waals surface area contributed by atoms with Gasteiger partial charge in [0.25, 0.3) is 5.56 Å². The number of carbonyl (C=O) groups excluding carboxylic acids is 1. The van der Waals surface area contributed by atoms with Crippen LogP contribution >= 0.6 is 0 Å². The number of alkyl halides is 3. The molecule has 13 heteroatoms. The molecule has 0 unspecified atom stereocenters.